The predicted molar refractivity (Wildman–Crippen MR) is 215 cm³/mol. The standard InChI is InChI=1S/C47H32FN3OSi/c48-45(33-15-13-14-32(30-33)39-20-9-11-28-49-39)34-24-25-37-38-26-27-42-47(46(38)51(40(37)31-34)44-23-10-12-29-50-44)53(35-16-3-1-4-17-35,36-18-5-2-6-19-36)43-22-8-7-21-41(43)52-42/h1-31,45H. The van der Waals surface area contributed by atoms with Gasteiger partial charge in [0.05, 0.1) is 16.7 Å². The highest BCUT2D eigenvalue weighted by Crippen LogP contribution is 2.40. The van der Waals surface area contributed by atoms with E-state index in [1.807, 2.05) is 85.1 Å². The summed E-state index contributed by atoms with van der Waals surface area (Å²) in [5.74, 6) is 2.45. The summed E-state index contributed by atoms with van der Waals surface area (Å²) in [4.78, 5) is 9.42. The minimum absolute atomic E-state index is 0.570. The Bertz CT molecular complexity index is 2730. The first-order valence-corrected chi connectivity index (χ1v) is 19.8. The summed E-state index contributed by atoms with van der Waals surface area (Å²) in [5.41, 5.74) is 4.75. The van der Waals surface area contributed by atoms with Gasteiger partial charge in [-0.25, -0.2) is 9.37 Å². The molecule has 0 N–H and O–H groups in total. The van der Waals surface area contributed by atoms with Crippen molar-refractivity contribution in [2.45, 2.75) is 6.17 Å². The minimum atomic E-state index is -3.05. The van der Waals surface area contributed by atoms with E-state index in [9.17, 15) is 0 Å². The van der Waals surface area contributed by atoms with Gasteiger partial charge in [0.25, 0.3) is 0 Å². The molecule has 4 nitrogen and oxygen atoms in total. The molecule has 0 saturated carbocycles. The number of rotatable bonds is 6. The molecule has 0 fully saturated rings. The Balaban J connectivity index is 1.29. The molecular weight excluding hydrogens is 670 g/mol. The van der Waals surface area contributed by atoms with Gasteiger partial charge in [-0.05, 0) is 81.3 Å². The summed E-state index contributed by atoms with van der Waals surface area (Å²) >= 11 is 0. The molecule has 53 heavy (non-hydrogen) atoms. The Kier molecular flexibility index (Phi) is 7.37. The monoisotopic (exact) mass is 701 g/mol. The fourth-order valence-electron chi connectivity index (χ4n) is 8.28. The second-order valence-corrected chi connectivity index (χ2v) is 17.1. The molecule has 0 amide bonds. The molecule has 0 aliphatic carbocycles. The van der Waals surface area contributed by atoms with Gasteiger partial charge in [-0.15, -0.1) is 0 Å². The summed E-state index contributed by atoms with van der Waals surface area (Å²) < 4.78 is 25.9. The highest BCUT2D eigenvalue weighted by atomic mass is 28.3. The third kappa shape index (κ3) is 4.87. The van der Waals surface area contributed by atoms with Crippen molar-refractivity contribution in [1.29, 1.82) is 0 Å². The topological polar surface area (TPSA) is 39.9 Å². The molecule has 1 aliphatic heterocycles. The number of hydrogen-bond donors (Lipinski definition) is 0. The van der Waals surface area contributed by atoms with Crippen LogP contribution in [0.4, 0.5) is 4.39 Å². The molecule has 1 atom stereocenters. The van der Waals surface area contributed by atoms with E-state index >= 15 is 4.39 Å². The van der Waals surface area contributed by atoms with Crippen LogP contribution in [0.25, 0.3) is 38.9 Å². The molecule has 6 heteroatoms. The van der Waals surface area contributed by atoms with Gasteiger partial charge in [0.15, 0.2) is 14.2 Å². The van der Waals surface area contributed by atoms with Crippen LogP contribution in [0.15, 0.2) is 188 Å². The van der Waals surface area contributed by atoms with Crippen molar-refractivity contribution in [3.8, 4) is 28.6 Å². The van der Waals surface area contributed by atoms with Crippen molar-refractivity contribution >= 4 is 50.6 Å². The molecule has 1 unspecified atom stereocenters. The Labute approximate surface area is 307 Å². The number of pyridine rings is 2. The molecule has 9 aromatic rings. The number of alkyl halides is 1. The number of nitrogens with zero attached hydrogens (tertiary/aromatic N) is 3. The number of hydrogen-bond acceptors (Lipinski definition) is 3. The average molecular weight is 702 g/mol. The van der Waals surface area contributed by atoms with Crippen LogP contribution in [-0.2, 0) is 0 Å². The second-order valence-electron chi connectivity index (χ2n) is 13.4. The van der Waals surface area contributed by atoms with Crippen LogP contribution < -0.4 is 25.5 Å². The van der Waals surface area contributed by atoms with Gasteiger partial charge >= 0.3 is 0 Å². The fraction of sp³-hybridized carbons (Fsp3) is 0.0213. The van der Waals surface area contributed by atoms with Crippen molar-refractivity contribution in [3.63, 3.8) is 0 Å². The molecule has 0 bridgehead atoms. The van der Waals surface area contributed by atoms with E-state index in [0.29, 0.717) is 11.1 Å². The van der Waals surface area contributed by atoms with E-state index in [0.717, 1.165) is 55.6 Å². The van der Waals surface area contributed by atoms with Crippen molar-refractivity contribution < 1.29 is 9.13 Å². The number of aromatic nitrogens is 3. The molecule has 252 valence electrons. The van der Waals surface area contributed by atoms with E-state index in [1.165, 1.54) is 15.6 Å². The summed E-state index contributed by atoms with van der Waals surface area (Å²) in [6.07, 6.45) is 2.22. The third-order valence-corrected chi connectivity index (χ3v) is 15.4. The van der Waals surface area contributed by atoms with Crippen LogP contribution in [0.1, 0.15) is 17.3 Å². The van der Waals surface area contributed by atoms with Gasteiger partial charge in [-0.3, -0.25) is 9.55 Å². The predicted octanol–water partition coefficient (Wildman–Crippen LogP) is 8.78. The van der Waals surface area contributed by atoms with Crippen LogP contribution in [0.2, 0.25) is 0 Å². The van der Waals surface area contributed by atoms with Crippen molar-refractivity contribution in [1.82, 2.24) is 14.5 Å². The summed E-state index contributed by atoms with van der Waals surface area (Å²) in [7, 11) is -3.05. The van der Waals surface area contributed by atoms with E-state index in [2.05, 4.69) is 107 Å². The summed E-state index contributed by atoms with van der Waals surface area (Å²) in [6.45, 7) is 0. The first-order valence-electron chi connectivity index (χ1n) is 17.8. The molecule has 0 spiro atoms. The van der Waals surface area contributed by atoms with Crippen LogP contribution in [-0.4, -0.2) is 22.6 Å². The minimum Gasteiger partial charge on any atom is -0.457 e. The van der Waals surface area contributed by atoms with E-state index in [4.69, 9.17) is 9.72 Å². The maximum absolute atomic E-state index is 16.8. The molecule has 6 aromatic carbocycles. The Morgan fingerprint density at radius 2 is 1.23 bits per heavy atom. The first kappa shape index (κ1) is 31.1. The number of halogens is 1. The summed E-state index contributed by atoms with van der Waals surface area (Å²) in [5, 5.41) is 6.93. The zero-order valence-corrected chi connectivity index (χ0v) is 29.6. The van der Waals surface area contributed by atoms with Crippen LogP contribution >= 0.6 is 0 Å². The zero-order valence-electron chi connectivity index (χ0n) is 28.6. The Morgan fingerprint density at radius 3 is 1.96 bits per heavy atom. The van der Waals surface area contributed by atoms with Gasteiger partial charge in [-0.1, -0.05) is 121 Å². The van der Waals surface area contributed by atoms with Gasteiger partial charge in [0.2, 0.25) is 0 Å². The van der Waals surface area contributed by atoms with E-state index < -0.39 is 14.2 Å². The van der Waals surface area contributed by atoms with Crippen molar-refractivity contribution in [2.75, 3.05) is 0 Å². The average Bonchev–Trinajstić information content (AvgIpc) is 3.57. The number of fused-ring (bicyclic) bond motifs is 6. The Hall–Kier alpha value is -6.63. The van der Waals surface area contributed by atoms with Gasteiger partial charge < -0.3 is 4.74 Å². The molecule has 4 heterocycles. The van der Waals surface area contributed by atoms with Gasteiger partial charge in [-0.2, -0.15) is 0 Å². The van der Waals surface area contributed by atoms with Gasteiger partial charge in [0.1, 0.15) is 17.3 Å². The van der Waals surface area contributed by atoms with Crippen molar-refractivity contribution in [2.24, 2.45) is 0 Å². The fourth-order valence-corrected chi connectivity index (χ4v) is 13.4. The lowest BCUT2D eigenvalue weighted by Gasteiger charge is -2.40. The molecule has 0 saturated heterocycles. The van der Waals surface area contributed by atoms with Crippen LogP contribution in [0, 0.1) is 0 Å². The Morgan fingerprint density at radius 1 is 0.547 bits per heavy atom. The molecular formula is C47H32FN3OSi. The third-order valence-electron chi connectivity index (χ3n) is 10.5. The van der Waals surface area contributed by atoms with Crippen molar-refractivity contribution in [3.05, 3.63) is 199 Å². The number of benzene rings is 6. The molecule has 1 aliphatic rings. The quantitative estimate of drug-likeness (QED) is 0.163. The maximum Gasteiger partial charge on any atom is 0.191 e. The highest BCUT2D eigenvalue weighted by molar-refractivity contribution is 7.21. The first-order chi connectivity index (χ1) is 26.2. The second kappa shape index (κ2) is 12.5. The van der Waals surface area contributed by atoms with Crippen LogP contribution in [0.5, 0.6) is 11.5 Å². The summed E-state index contributed by atoms with van der Waals surface area (Å²) in [6, 6.07) is 59.9. The highest BCUT2D eigenvalue weighted by Gasteiger charge is 2.50. The molecule has 3 aromatic heterocycles. The zero-order chi connectivity index (χ0) is 35.4. The van der Waals surface area contributed by atoms with E-state index in [1.54, 1.807) is 6.20 Å². The molecule has 0 radical (unpaired) electrons. The van der Waals surface area contributed by atoms with E-state index in [-0.39, 0.29) is 0 Å². The molecule has 10 rings (SSSR count). The lowest BCUT2D eigenvalue weighted by Crippen LogP contribution is -2.76. The van der Waals surface area contributed by atoms with Gasteiger partial charge in [0, 0.05) is 33.9 Å². The van der Waals surface area contributed by atoms with Crippen LogP contribution in [0.3, 0.4) is 0 Å². The maximum atomic E-state index is 16.8. The SMILES string of the molecule is FC(c1cccc(-c2ccccn2)c1)c1ccc2c3ccc4c(c3n(-c3ccccn3)c2c1)[Si](c1ccccc1)(c1ccccc1)c1ccccc1O4. The number of ether oxygens (including phenoxy) is 1. The lowest BCUT2D eigenvalue weighted by atomic mass is 9.98. The smallest absolute Gasteiger partial charge is 0.191 e. The lowest BCUT2D eigenvalue weighted by molar-refractivity contribution is 0.402. The number of para-hydroxylation sites is 1. The largest absolute Gasteiger partial charge is 0.457 e. The normalized spacial score (nSPS) is 13.6.